The van der Waals surface area contributed by atoms with E-state index < -0.39 is 0 Å². The van der Waals surface area contributed by atoms with E-state index in [1.165, 1.54) is 23.3 Å². The van der Waals surface area contributed by atoms with Gasteiger partial charge < -0.3 is 10.1 Å². The molecule has 2 atom stereocenters. The number of rotatable bonds is 5. The highest BCUT2D eigenvalue weighted by Crippen LogP contribution is 2.26. The second-order valence-corrected chi connectivity index (χ2v) is 6.58. The molecule has 0 saturated carbocycles. The second-order valence-electron chi connectivity index (χ2n) is 6.58. The molecular formula is C20H24FNO. The molecule has 0 bridgehead atoms. The zero-order chi connectivity index (χ0) is 16.2. The van der Waals surface area contributed by atoms with Crippen LogP contribution in [0.5, 0.6) is 0 Å². The molecule has 2 aromatic rings. The van der Waals surface area contributed by atoms with Crippen LogP contribution in [-0.2, 0) is 11.3 Å². The quantitative estimate of drug-likeness (QED) is 0.892. The van der Waals surface area contributed by atoms with E-state index in [1.54, 1.807) is 0 Å². The van der Waals surface area contributed by atoms with Crippen LogP contribution in [0.15, 0.2) is 48.5 Å². The van der Waals surface area contributed by atoms with Crippen LogP contribution in [-0.4, -0.2) is 19.3 Å². The van der Waals surface area contributed by atoms with Crippen LogP contribution >= 0.6 is 0 Å². The summed E-state index contributed by atoms with van der Waals surface area (Å²) < 4.78 is 18.7. The van der Waals surface area contributed by atoms with Gasteiger partial charge in [0.15, 0.2) is 0 Å². The molecule has 0 aromatic heterocycles. The van der Waals surface area contributed by atoms with Gasteiger partial charge in [-0.1, -0.05) is 50.2 Å². The van der Waals surface area contributed by atoms with Crippen molar-refractivity contribution in [3.8, 4) is 0 Å². The molecule has 1 fully saturated rings. The number of hydrogen-bond donors (Lipinski definition) is 1. The normalized spacial score (nSPS) is 21.0. The molecule has 3 heteroatoms. The monoisotopic (exact) mass is 313 g/mol. The predicted molar refractivity (Wildman–Crippen MR) is 91.1 cm³/mol. The lowest BCUT2D eigenvalue weighted by Crippen LogP contribution is -2.33. The Morgan fingerprint density at radius 3 is 2.39 bits per heavy atom. The van der Waals surface area contributed by atoms with Crippen molar-refractivity contribution in [3.63, 3.8) is 0 Å². The molecular weight excluding hydrogens is 289 g/mol. The Morgan fingerprint density at radius 2 is 1.74 bits per heavy atom. The zero-order valence-electron chi connectivity index (χ0n) is 13.8. The van der Waals surface area contributed by atoms with E-state index in [1.807, 2.05) is 12.1 Å². The van der Waals surface area contributed by atoms with Crippen molar-refractivity contribution in [2.24, 2.45) is 0 Å². The number of benzene rings is 2. The summed E-state index contributed by atoms with van der Waals surface area (Å²) in [4.78, 5) is 0. The Morgan fingerprint density at radius 1 is 1.04 bits per heavy atom. The van der Waals surface area contributed by atoms with Crippen molar-refractivity contribution in [2.45, 2.75) is 38.3 Å². The minimum Gasteiger partial charge on any atom is -0.379 e. The van der Waals surface area contributed by atoms with Crippen LogP contribution in [0.3, 0.4) is 0 Å². The van der Waals surface area contributed by atoms with Crippen LogP contribution < -0.4 is 5.32 Å². The van der Waals surface area contributed by atoms with E-state index in [0.29, 0.717) is 19.1 Å². The highest BCUT2D eigenvalue weighted by molar-refractivity contribution is 5.26. The number of ether oxygens (including phenoxy) is 1. The van der Waals surface area contributed by atoms with Gasteiger partial charge in [0.25, 0.3) is 0 Å². The van der Waals surface area contributed by atoms with Gasteiger partial charge in [-0.2, -0.15) is 0 Å². The van der Waals surface area contributed by atoms with E-state index >= 15 is 0 Å². The Kier molecular flexibility index (Phi) is 5.09. The highest BCUT2D eigenvalue weighted by atomic mass is 19.1. The van der Waals surface area contributed by atoms with Gasteiger partial charge >= 0.3 is 0 Å². The molecule has 0 unspecified atom stereocenters. The summed E-state index contributed by atoms with van der Waals surface area (Å²) in [7, 11) is 0. The van der Waals surface area contributed by atoms with Crippen molar-refractivity contribution < 1.29 is 9.13 Å². The molecule has 0 aliphatic carbocycles. The van der Waals surface area contributed by atoms with Crippen LogP contribution in [0.4, 0.5) is 4.39 Å². The summed E-state index contributed by atoms with van der Waals surface area (Å²) >= 11 is 0. The van der Waals surface area contributed by atoms with Crippen molar-refractivity contribution in [2.75, 3.05) is 13.2 Å². The average molecular weight is 313 g/mol. The van der Waals surface area contributed by atoms with Gasteiger partial charge in [0.2, 0.25) is 0 Å². The van der Waals surface area contributed by atoms with Crippen LogP contribution in [0, 0.1) is 5.82 Å². The summed E-state index contributed by atoms with van der Waals surface area (Å²) in [5.41, 5.74) is 3.78. The van der Waals surface area contributed by atoms with Gasteiger partial charge in [-0.3, -0.25) is 0 Å². The molecule has 1 aliphatic rings. The van der Waals surface area contributed by atoms with Gasteiger partial charge in [-0.05, 0) is 34.7 Å². The summed E-state index contributed by atoms with van der Waals surface area (Å²) in [5.74, 6) is 0.649. The Balaban J connectivity index is 1.61. The molecule has 2 nitrogen and oxygen atoms in total. The van der Waals surface area contributed by atoms with E-state index in [9.17, 15) is 4.39 Å². The maximum Gasteiger partial charge on any atom is 0.123 e. The molecule has 0 amide bonds. The lowest BCUT2D eigenvalue weighted by molar-refractivity contribution is 0.187. The third-order valence-corrected chi connectivity index (χ3v) is 4.59. The van der Waals surface area contributed by atoms with Crippen molar-refractivity contribution in [1.82, 2.24) is 5.32 Å². The van der Waals surface area contributed by atoms with Crippen LogP contribution in [0.2, 0.25) is 0 Å². The minimum atomic E-state index is -0.192. The van der Waals surface area contributed by atoms with E-state index in [4.69, 9.17) is 4.74 Å². The third-order valence-electron chi connectivity index (χ3n) is 4.59. The zero-order valence-corrected chi connectivity index (χ0v) is 13.8. The fraction of sp³-hybridized carbons (Fsp3) is 0.400. The highest BCUT2D eigenvalue weighted by Gasteiger charge is 2.29. The molecule has 1 heterocycles. The first-order valence-electron chi connectivity index (χ1n) is 8.29. The van der Waals surface area contributed by atoms with Gasteiger partial charge in [0, 0.05) is 18.5 Å². The molecule has 3 rings (SSSR count). The number of nitrogens with one attached hydrogen (secondary N) is 1. The molecule has 1 N–H and O–H groups in total. The second kappa shape index (κ2) is 7.24. The van der Waals surface area contributed by atoms with Gasteiger partial charge in [-0.15, -0.1) is 0 Å². The first-order chi connectivity index (χ1) is 11.1. The first-order valence-corrected chi connectivity index (χ1v) is 8.29. The molecule has 0 spiro atoms. The van der Waals surface area contributed by atoms with E-state index in [2.05, 4.69) is 43.4 Å². The molecule has 122 valence electrons. The Labute approximate surface area is 137 Å². The number of halogens is 1. The summed E-state index contributed by atoms with van der Waals surface area (Å²) in [6.07, 6.45) is 0. The molecule has 1 aliphatic heterocycles. The van der Waals surface area contributed by atoms with Crippen LogP contribution in [0.25, 0.3) is 0 Å². The van der Waals surface area contributed by atoms with Crippen molar-refractivity contribution >= 4 is 0 Å². The van der Waals surface area contributed by atoms with E-state index in [-0.39, 0.29) is 17.8 Å². The standard InChI is InChI=1S/C20H24FNO/c1-14(2)16-5-3-15(4-6-16)11-22-20-13-23-12-19(20)17-7-9-18(21)10-8-17/h3-10,14,19-20,22H,11-13H2,1-2H3/t19-,20+/m0/s1. The maximum atomic E-state index is 13.1. The minimum absolute atomic E-state index is 0.192. The Hall–Kier alpha value is -1.71. The van der Waals surface area contributed by atoms with E-state index in [0.717, 1.165) is 12.1 Å². The third kappa shape index (κ3) is 3.98. The largest absolute Gasteiger partial charge is 0.379 e. The molecule has 1 saturated heterocycles. The van der Waals surface area contributed by atoms with Gasteiger partial charge in [0.1, 0.15) is 5.82 Å². The first kappa shape index (κ1) is 16.2. The predicted octanol–water partition coefficient (Wildman–Crippen LogP) is 4.22. The fourth-order valence-corrected chi connectivity index (χ4v) is 3.06. The lowest BCUT2D eigenvalue weighted by Gasteiger charge is -2.20. The average Bonchev–Trinajstić information content (AvgIpc) is 3.02. The molecule has 0 radical (unpaired) electrons. The number of hydrogen-bond acceptors (Lipinski definition) is 2. The maximum absolute atomic E-state index is 13.1. The lowest BCUT2D eigenvalue weighted by atomic mass is 9.94. The molecule has 23 heavy (non-hydrogen) atoms. The summed E-state index contributed by atoms with van der Waals surface area (Å²) in [6.45, 7) is 6.62. The SMILES string of the molecule is CC(C)c1ccc(CN[C@@H]2COC[C@H]2c2ccc(F)cc2)cc1. The Bertz CT molecular complexity index is 621. The van der Waals surface area contributed by atoms with Gasteiger partial charge in [0.05, 0.1) is 13.2 Å². The smallest absolute Gasteiger partial charge is 0.123 e. The fourth-order valence-electron chi connectivity index (χ4n) is 3.06. The summed E-state index contributed by atoms with van der Waals surface area (Å²) in [6, 6.07) is 15.8. The van der Waals surface area contributed by atoms with Crippen molar-refractivity contribution in [3.05, 3.63) is 71.0 Å². The summed E-state index contributed by atoms with van der Waals surface area (Å²) in [5, 5.41) is 3.59. The van der Waals surface area contributed by atoms with Gasteiger partial charge in [-0.25, -0.2) is 4.39 Å². The van der Waals surface area contributed by atoms with Crippen LogP contribution in [0.1, 0.15) is 42.4 Å². The molecule has 2 aromatic carbocycles. The van der Waals surface area contributed by atoms with Crippen molar-refractivity contribution in [1.29, 1.82) is 0 Å². The topological polar surface area (TPSA) is 21.3 Å².